The van der Waals surface area contributed by atoms with Gasteiger partial charge in [0.1, 0.15) is 7.85 Å². The standard InChI is InChI=1S/C8H13BO/c1-6-3-4-8(10-2)7(9)5-6/h3,5,8H,4,9H2,1-2H3. The summed E-state index contributed by atoms with van der Waals surface area (Å²) in [6, 6.07) is 0. The second-order valence-corrected chi connectivity index (χ2v) is 2.80. The molecule has 1 atom stereocenters. The molecule has 0 aliphatic heterocycles. The third-order valence-electron chi connectivity index (χ3n) is 1.90. The van der Waals surface area contributed by atoms with Crippen molar-refractivity contribution in [2.24, 2.45) is 0 Å². The van der Waals surface area contributed by atoms with Crippen LogP contribution < -0.4 is 0 Å². The normalized spacial score (nSPS) is 25.6. The van der Waals surface area contributed by atoms with Gasteiger partial charge >= 0.3 is 0 Å². The Bertz CT molecular complexity index is 182. The van der Waals surface area contributed by atoms with Crippen LogP contribution in [0.4, 0.5) is 0 Å². The zero-order valence-corrected chi connectivity index (χ0v) is 6.85. The first-order valence-electron chi connectivity index (χ1n) is 3.62. The minimum atomic E-state index is 0.323. The van der Waals surface area contributed by atoms with Gasteiger partial charge in [0.15, 0.2) is 0 Å². The summed E-state index contributed by atoms with van der Waals surface area (Å²) >= 11 is 0. The van der Waals surface area contributed by atoms with Crippen molar-refractivity contribution in [1.29, 1.82) is 0 Å². The minimum Gasteiger partial charge on any atom is -0.378 e. The summed E-state index contributed by atoms with van der Waals surface area (Å²) in [5.74, 6) is 0. The first kappa shape index (κ1) is 7.61. The quantitative estimate of drug-likeness (QED) is 0.486. The first-order valence-corrected chi connectivity index (χ1v) is 3.62. The van der Waals surface area contributed by atoms with Crippen LogP contribution in [0.1, 0.15) is 13.3 Å². The molecule has 1 aliphatic rings. The Morgan fingerprint density at radius 2 is 2.40 bits per heavy atom. The SMILES string of the molecule is BC1=CC(C)=CCC1OC. The van der Waals surface area contributed by atoms with Crippen molar-refractivity contribution in [1.82, 2.24) is 0 Å². The van der Waals surface area contributed by atoms with Crippen molar-refractivity contribution in [2.75, 3.05) is 7.11 Å². The molecule has 0 bridgehead atoms. The second-order valence-electron chi connectivity index (χ2n) is 2.80. The lowest BCUT2D eigenvalue weighted by atomic mass is 9.83. The van der Waals surface area contributed by atoms with Crippen molar-refractivity contribution in [2.45, 2.75) is 19.4 Å². The lowest BCUT2D eigenvalue weighted by molar-refractivity contribution is 0.138. The number of methoxy groups -OCH3 is 1. The molecule has 2 heteroatoms. The van der Waals surface area contributed by atoms with Crippen LogP contribution in [0.5, 0.6) is 0 Å². The van der Waals surface area contributed by atoms with E-state index in [9.17, 15) is 0 Å². The maximum Gasteiger partial charge on any atom is 0.137 e. The van der Waals surface area contributed by atoms with Gasteiger partial charge in [0, 0.05) is 7.11 Å². The van der Waals surface area contributed by atoms with Crippen LogP contribution >= 0.6 is 0 Å². The lowest BCUT2D eigenvalue weighted by Crippen LogP contribution is -2.15. The molecule has 0 saturated heterocycles. The van der Waals surface area contributed by atoms with E-state index < -0.39 is 0 Å². The van der Waals surface area contributed by atoms with Crippen molar-refractivity contribution < 1.29 is 4.74 Å². The van der Waals surface area contributed by atoms with Crippen molar-refractivity contribution >= 4 is 7.85 Å². The van der Waals surface area contributed by atoms with Crippen LogP contribution in [0.25, 0.3) is 0 Å². The molecular formula is C8H13BO. The van der Waals surface area contributed by atoms with Gasteiger partial charge in [-0.2, -0.15) is 0 Å². The van der Waals surface area contributed by atoms with Crippen LogP contribution in [0, 0.1) is 0 Å². The maximum absolute atomic E-state index is 5.24. The van der Waals surface area contributed by atoms with Crippen LogP contribution in [-0.2, 0) is 4.74 Å². The summed E-state index contributed by atoms with van der Waals surface area (Å²) < 4.78 is 5.24. The van der Waals surface area contributed by atoms with Crippen LogP contribution in [-0.4, -0.2) is 21.1 Å². The van der Waals surface area contributed by atoms with E-state index in [1.54, 1.807) is 7.11 Å². The molecule has 0 heterocycles. The summed E-state index contributed by atoms with van der Waals surface area (Å²) in [4.78, 5) is 0. The molecule has 1 rings (SSSR count). The number of allylic oxidation sites excluding steroid dienone is 2. The molecule has 0 saturated carbocycles. The fourth-order valence-electron chi connectivity index (χ4n) is 1.27. The highest BCUT2D eigenvalue weighted by atomic mass is 16.5. The van der Waals surface area contributed by atoms with Crippen molar-refractivity contribution in [3.8, 4) is 0 Å². The second kappa shape index (κ2) is 3.06. The Hall–Kier alpha value is -0.495. The smallest absolute Gasteiger partial charge is 0.137 e. The van der Waals surface area contributed by atoms with Gasteiger partial charge < -0.3 is 4.74 Å². The molecule has 0 aromatic rings. The zero-order chi connectivity index (χ0) is 7.56. The average molecular weight is 136 g/mol. The monoisotopic (exact) mass is 136 g/mol. The summed E-state index contributed by atoms with van der Waals surface area (Å²) in [7, 11) is 3.88. The fraction of sp³-hybridized carbons (Fsp3) is 0.500. The molecule has 0 amide bonds. The van der Waals surface area contributed by atoms with E-state index in [-0.39, 0.29) is 0 Å². The summed E-state index contributed by atoms with van der Waals surface area (Å²) in [5.41, 5.74) is 2.69. The van der Waals surface area contributed by atoms with E-state index in [1.807, 2.05) is 0 Å². The van der Waals surface area contributed by atoms with Gasteiger partial charge in [-0.25, -0.2) is 0 Å². The number of hydrogen-bond acceptors (Lipinski definition) is 1. The molecule has 0 aromatic heterocycles. The van der Waals surface area contributed by atoms with Gasteiger partial charge in [-0.1, -0.05) is 23.2 Å². The van der Waals surface area contributed by atoms with Crippen LogP contribution in [0.15, 0.2) is 23.2 Å². The van der Waals surface area contributed by atoms with E-state index in [0.29, 0.717) is 6.10 Å². The molecule has 0 fully saturated rings. The molecule has 1 aliphatic carbocycles. The van der Waals surface area contributed by atoms with E-state index in [2.05, 4.69) is 26.9 Å². The molecule has 0 radical (unpaired) electrons. The summed E-state index contributed by atoms with van der Waals surface area (Å²) in [6.07, 6.45) is 5.74. The van der Waals surface area contributed by atoms with Gasteiger partial charge in [0.25, 0.3) is 0 Å². The first-order chi connectivity index (χ1) is 4.74. The number of hydrogen-bond donors (Lipinski definition) is 0. The Morgan fingerprint density at radius 1 is 1.70 bits per heavy atom. The van der Waals surface area contributed by atoms with Crippen LogP contribution in [0.2, 0.25) is 0 Å². The predicted octanol–water partition coefficient (Wildman–Crippen LogP) is 0.868. The molecular weight excluding hydrogens is 123 g/mol. The Labute approximate surface area is 63.2 Å². The highest BCUT2D eigenvalue weighted by molar-refractivity contribution is 6.22. The number of ether oxygens (including phenoxy) is 1. The van der Waals surface area contributed by atoms with E-state index in [0.717, 1.165) is 6.42 Å². The maximum atomic E-state index is 5.24. The summed E-state index contributed by atoms with van der Waals surface area (Å²) in [5, 5.41) is 0. The molecule has 1 nitrogen and oxygen atoms in total. The van der Waals surface area contributed by atoms with E-state index in [1.165, 1.54) is 11.0 Å². The van der Waals surface area contributed by atoms with Gasteiger partial charge in [-0.05, 0) is 13.3 Å². The van der Waals surface area contributed by atoms with Crippen molar-refractivity contribution in [3.63, 3.8) is 0 Å². The molecule has 0 spiro atoms. The number of rotatable bonds is 1. The zero-order valence-electron chi connectivity index (χ0n) is 6.85. The molecule has 0 N–H and O–H groups in total. The molecule has 1 unspecified atom stereocenters. The van der Waals surface area contributed by atoms with Crippen molar-refractivity contribution in [3.05, 3.63) is 23.2 Å². The third kappa shape index (κ3) is 1.51. The molecule has 0 aromatic carbocycles. The Morgan fingerprint density at radius 3 is 2.90 bits per heavy atom. The minimum absolute atomic E-state index is 0.323. The topological polar surface area (TPSA) is 9.23 Å². The van der Waals surface area contributed by atoms with Gasteiger partial charge in [0.2, 0.25) is 0 Å². The Balaban J connectivity index is 2.68. The molecule has 54 valence electrons. The highest BCUT2D eigenvalue weighted by Crippen LogP contribution is 2.16. The third-order valence-corrected chi connectivity index (χ3v) is 1.90. The highest BCUT2D eigenvalue weighted by Gasteiger charge is 2.10. The van der Waals surface area contributed by atoms with Crippen LogP contribution in [0.3, 0.4) is 0 Å². The summed E-state index contributed by atoms with van der Waals surface area (Å²) in [6.45, 7) is 2.12. The lowest BCUT2D eigenvalue weighted by Gasteiger charge is -2.18. The molecule has 10 heavy (non-hydrogen) atoms. The largest absolute Gasteiger partial charge is 0.378 e. The average Bonchev–Trinajstić information content (AvgIpc) is 1.88. The van der Waals surface area contributed by atoms with E-state index in [4.69, 9.17) is 4.74 Å². The van der Waals surface area contributed by atoms with Gasteiger partial charge in [0.05, 0.1) is 6.10 Å². The Kier molecular flexibility index (Phi) is 2.33. The fourth-order valence-corrected chi connectivity index (χ4v) is 1.27. The predicted molar refractivity (Wildman–Crippen MR) is 45.8 cm³/mol. The van der Waals surface area contributed by atoms with Gasteiger partial charge in [-0.3, -0.25) is 0 Å². The van der Waals surface area contributed by atoms with Gasteiger partial charge in [-0.15, -0.1) is 0 Å². The van der Waals surface area contributed by atoms with E-state index >= 15 is 0 Å².